The van der Waals surface area contributed by atoms with Crippen molar-refractivity contribution in [2.24, 2.45) is 5.73 Å². The number of nitrogens with two attached hydrogens (primary N) is 1. The Kier molecular flexibility index (Phi) is 7.65. The fourth-order valence-corrected chi connectivity index (χ4v) is 1.81. The summed E-state index contributed by atoms with van der Waals surface area (Å²) >= 11 is 0. The number of esters is 1. The van der Waals surface area contributed by atoms with E-state index in [0.717, 1.165) is 19.3 Å². The molecule has 1 rings (SSSR count). The fourth-order valence-electron chi connectivity index (χ4n) is 1.81. The Balaban J connectivity index is 2.20. The molecule has 0 atom stereocenters. The van der Waals surface area contributed by atoms with Crippen molar-refractivity contribution in [3.8, 4) is 5.75 Å². The van der Waals surface area contributed by atoms with Crippen molar-refractivity contribution in [2.75, 3.05) is 13.2 Å². The molecule has 0 bridgehead atoms. The number of carbonyl (C=O) groups excluding carboxylic acids is 1. The van der Waals surface area contributed by atoms with Crippen molar-refractivity contribution in [2.45, 2.75) is 39.2 Å². The van der Waals surface area contributed by atoms with Gasteiger partial charge in [-0.25, -0.2) is 4.39 Å². The Bertz CT molecular complexity index is 424. The molecule has 0 unspecified atom stereocenters. The lowest BCUT2D eigenvalue weighted by Crippen LogP contribution is -2.05. The van der Waals surface area contributed by atoms with Crippen LogP contribution >= 0.6 is 0 Å². The van der Waals surface area contributed by atoms with Crippen LogP contribution in [0.1, 0.15) is 38.2 Å². The zero-order valence-corrected chi connectivity index (χ0v) is 11.9. The third-order valence-corrected chi connectivity index (χ3v) is 2.83. The molecule has 112 valence electrons. The van der Waals surface area contributed by atoms with Crippen LogP contribution in [0.5, 0.6) is 5.75 Å². The molecule has 1 aromatic carbocycles. The summed E-state index contributed by atoms with van der Waals surface area (Å²) in [4.78, 5) is 11.1. The molecule has 2 N–H and O–H groups in total. The van der Waals surface area contributed by atoms with Crippen LogP contribution in [0.15, 0.2) is 18.2 Å². The van der Waals surface area contributed by atoms with Crippen LogP contribution in [0.3, 0.4) is 0 Å². The molecule has 0 spiro atoms. The Morgan fingerprint density at radius 1 is 1.30 bits per heavy atom. The smallest absolute Gasteiger partial charge is 0.305 e. The Labute approximate surface area is 119 Å². The van der Waals surface area contributed by atoms with Gasteiger partial charge in [-0.3, -0.25) is 4.79 Å². The van der Waals surface area contributed by atoms with E-state index in [1.807, 2.05) is 0 Å². The number of hydrogen-bond donors (Lipinski definition) is 1. The summed E-state index contributed by atoms with van der Waals surface area (Å²) in [5.74, 6) is 0.156. The number of hydrogen-bond acceptors (Lipinski definition) is 4. The SMILES string of the molecule is CCOC(=O)CCCCCOc1ccc(F)cc1CN. The zero-order valence-electron chi connectivity index (χ0n) is 11.9. The fraction of sp³-hybridized carbons (Fsp3) is 0.533. The van der Waals surface area contributed by atoms with Crippen LogP contribution in [0.4, 0.5) is 4.39 Å². The maximum absolute atomic E-state index is 13.0. The van der Waals surface area contributed by atoms with Gasteiger partial charge in [-0.05, 0) is 44.4 Å². The van der Waals surface area contributed by atoms with E-state index in [9.17, 15) is 9.18 Å². The van der Waals surface area contributed by atoms with Crippen LogP contribution < -0.4 is 10.5 Å². The molecule has 0 aliphatic rings. The minimum atomic E-state index is -0.313. The molecule has 5 heteroatoms. The van der Waals surface area contributed by atoms with Crippen molar-refractivity contribution >= 4 is 5.97 Å². The van der Waals surface area contributed by atoms with Crippen LogP contribution in [0.2, 0.25) is 0 Å². The lowest BCUT2D eigenvalue weighted by Gasteiger charge is -2.10. The van der Waals surface area contributed by atoms with Gasteiger partial charge in [-0.1, -0.05) is 0 Å². The monoisotopic (exact) mass is 283 g/mol. The molecule has 0 saturated carbocycles. The quantitative estimate of drug-likeness (QED) is 0.559. The zero-order chi connectivity index (χ0) is 14.8. The minimum absolute atomic E-state index is 0.155. The van der Waals surface area contributed by atoms with Crippen LogP contribution in [-0.2, 0) is 16.1 Å². The summed E-state index contributed by atoms with van der Waals surface area (Å²) in [5, 5.41) is 0. The van der Waals surface area contributed by atoms with E-state index < -0.39 is 0 Å². The molecule has 0 aromatic heterocycles. The van der Waals surface area contributed by atoms with Gasteiger partial charge in [-0.2, -0.15) is 0 Å². The van der Waals surface area contributed by atoms with E-state index in [2.05, 4.69) is 0 Å². The number of benzene rings is 1. The molecule has 0 aliphatic heterocycles. The second kappa shape index (κ2) is 9.31. The summed E-state index contributed by atoms with van der Waals surface area (Å²) in [6.07, 6.45) is 2.95. The minimum Gasteiger partial charge on any atom is -0.493 e. The summed E-state index contributed by atoms with van der Waals surface area (Å²) in [6, 6.07) is 4.33. The Morgan fingerprint density at radius 3 is 2.80 bits per heavy atom. The summed E-state index contributed by atoms with van der Waals surface area (Å²) in [7, 11) is 0. The summed E-state index contributed by atoms with van der Waals surface area (Å²) in [6.45, 7) is 3.00. The largest absolute Gasteiger partial charge is 0.493 e. The van der Waals surface area contributed by atoms with Gasteiger partial charge >= 0.3 is 5.97 Å². The lowest BCUT2D eigenvalue weighted by atomic mass is 10.2. The molecule has 0 aliphatic carbocycles. The second-order valence-electron chi connectivity index (χ2n) is 4.42. The van der Waals surface area contributed by atoms with Crippen molar-refractivity contribution in [1.29, 1.82) is 0 Å². The highest BCUT2D eigenvalue weighted by Gasteiger charge is 2.04. The van der Waals surface area contributed by atoms with Crippen LogP contribution in [0, 0.1) is 5.82 Å². The number of carbonyl (C=O) groups is 1. The van der Waals surface area contributed by atoms with E-state index in [0.29, 0.717) is 30.9 Å². The maximum atomic E-state index is 13.0. The third-order valence-electron chi connectivity index (χ3n) is 2.83. The van der Waals surface area contributed by atoms with Gasteiger partial charge in [0, 0.05) is 18.5 Å². The highest BCUT2D eigenvalue weighted by Crippen LogP contribution is 2.19. The van der Waals surface area contributed by atoms with E-state index in [1.54, 1.807) is 13.0 Å². The summed E-state index contributed by atoms with van der Waals surface area (Å²) in [5.41, 5.74) is 6.20. The normalized spacial score (nSPS) is 10.3. The third kappa shape index (κ3) is 6.02. The molecule has 1 aromatic rings. The van der Waals surface area contributed by atoms with Gasteiger partial charge < -0.3 is 15.2 Å². The highest BCUT2D eigenvalue weighted by molar-refractivity contribution is 5.69. The van der Waals surface area contributed by atoms with Gasteiger partial charge in [0.15, 0.2) is 0 Å². The topological polar surface area (TPSA) is 61.5 Å². The van der Waals surface area contributed by atoms with Gasteiger partial charge in [-0.15, -0.1) is 0 Å². The van der Waals surface area contributed by atoms with Crippen molar-refractivity contribution in [3.05, 3.63) is 29.6 Å². The molecule has 0 radical (unpaired) electrons. The van der Waals surface area contributed by atoms with Crippen LogP contribution in [0.25, 0.3) is 0 Å². The van der Waals surface area contributed by atoms with Gasteiger partial charge in [0.05, 0.1) is 13.2 Å². The number of halogens is 1. The number of ether oxygens (including phenoxy) is 2. The average molecular weight is 283 g/mol. The van der Waals surface area contributed by atoms with E-state index in [4.69, 9.17) is 15.2 Å². The second-order valence-corrected chi connectivity index (χ2v) is 4.42. The highest BCUT2D eigenvalue weighted by atomic mass is 19.1. The molecule has 0 amide bonds. The first-order valence-corrected chi connectivity index (χ1v) is 6.94. The Hall–Kier alpha value is -1.62. The van der Waals surface area contributed by atoms with E-state index >= 15 is 0 Å². The van der Waals surface area contributed by atoms with Gasteiger partial charge in [0.2, 0.25) is 0 Å². The van der Waals surface area contributed by atoms with Crippen molar-refractivity contribution in [3.63, 3.8) is 0 Å². The molecule has 0 saturated heterocycles. The standard InChI is InChI=1S/C15H22FNO3/c1-2-19-15(18)6-4-3-5-9-20-14-8-7-13(16)10-12(14)11-17/h7-8,10H,2-6,9,11,17H2,1H3. The van der Waals surface area contributed by atoms with Crippen LogP contribution in [-0.4, -0.2) is 19.2 Å². The Morgan fingerprint density at radius 2 is 2.10 bits per heavy atom. The molecular formula is C15H22FNO3. The van der Waals surface area contributed by atoms with Gasteiger partial charge in [0.25, 0.3) is 0 Å². The molecule has 4 nitrogen and oxygen atoms in total. The summed E-state index contributed by atoms with van der Waals surface area (Å²) < 4.78 is 23.4. The first-order valence-electron chi connectivity index (χ1n) is 6.94. The molecule has 0 heterocycles. The molecule has 0 fully saturated rings. The first kappa shape index (κ1) is 16.4. The number of unbranched alkanes of at least 4 members (excludes halogenated alkanes) is 2. The predicted molar refractivity (Wildman–Crippen MR) is 74.9 cm³/mol. The van der Waals surface area contributed by atoms with E-state index in [-0.39, 0.29) is 18.3 Å². The predicted octanol–water partition coefficient (Wildman–Crippen LogP) is 2.79. The van der Waals surface area contributed by atoms with Crippen molar-refractivity contribution < 1.29 is 18.7 Å². The van der Waals surface area contributed by atoms with E-state index in [1.165, 1.54) is 12.1 Å². The first-order chi connectivity index (χ1) is 9.67. The van der Waals surface area contributed by atoms with Crippen molar-refractivity contribution in [1.82, 2.24) is 0 Å². The molecule has 20 heavy (non-hydrogen) atoms. The lowest BCUT2D eigenvalue weighted by molar-refractivity contribution is -0.143. The maximum Gasteiger partial charge on any atom is 0.305 e. The average Bonchev–Trinajstić information content (AvgIpc) is 2.44. The van der Waals surface area contributed by atoms with Gasteiger partial charge in [0.1, 0.15) is 11.6 Å². The number of rotatable bonds is 9. The molecular weight excluding hydrogens is 261 g/mol.